The van der Waals surface area contributed by atoms with Gasteiger partial charge in [-0.1, -0.05) is 13.3 Å². The third kappa shape index (κ3) is 3.37. The van der Waals surface area contributed by atoms with Crippen molar-refractivity contribution in [1.82, 2.24) is 10.2 Å². The zero-order valence-corrected chi connectivity index (χ0v) is 13.5. The molecule has 0 aromatic rings. The summed E-state index contributed by atoms with van der Waals surface area (Å²) in [7, 11) is -2.87. The summed E-state index contributed by atoms with van der Waals surface area (Å²) in [6.07, 6.45) is 7.99. The van der Waals surface area contributed by atoms with Gasteiger partial charge in [-0.3, -0.25) is 4.90 Å². The van der Waals surface area contributed by atoms with Gasteiger partial charge in [0.15, 0.2) is 0 Å². The molecular formula is C15H28N2O2S. The first-order valence-corrected chi connectivity index (χ1v) is 10.1. The van der Waals surface area contributed by atoms with Gasteiger partial charge in [0.1, 0.15) is 9.84 Å². The normalized spacial score (nSPS) is 40.1. The molecule has 4 nitrogen and oxygen atoms in total. The van der Waals surface area contributed by atoms with E-state index < -0.39 is 9.84 Å². The molecule has 4 atom stereocenters. The Bertz CT molecular complexity index is 447. The summed E-state index contributed by atoms with van der Waals surface area (Å²) in [6.45, 7) is 4.70. The van der Waals surface area contributed by atoms with Crippen molar-refractivity contribution in [3.05, 3.63) is 0 Å². The van der Waals surface area contributed by atoms with Crippen LogP contribution in [0.15, 0.2) is 0 Å². The van der Waals surface area contributed by atoms with Crippen molar-refractivity contribution in [1.29, 1.82) is 0 Å². The fourth-order valence-corrected chi connectivity index (χ4v) is 5.12. The molecule has 0 radical (unpaired) electrons. The second-order valence-electron chi connectivity index (χ2n) is 7.25. The maximum absolute atomic E-state index is 11.7. The second-order valence-corrected chi connectivity index (χ2v) is 9.58. The molecule has 1 saturated heterocycles. The van der Waals surface area contributed by atoms with E-state index in [9.17, 15) is 8.42 Å². The molecule has 3 rings (SSSR count). The van der Waals surface area contributed by atoms with Crippen LogP contribution >= 0.6 is 0 Å². The summed E-state index contributed by atoms with van der Waals surface area (Å²) in [6, 6.07) is 1.80. The first-order valence-electron chi connectivity index (χ1n) is 8.12. The van der Waals surface area contributed by atoms with Crippen LogP contribution in [0.3, 0.4) is 0 Å². The van der Waals surface area contributed by atoms with Crippen molar-refractivity contribution in [3.8, 4) is 0 Å². The van der Waals surface area contributed by atoms with Crippen molar-refractivity contribution in [2.45, 2.75) is 68.8 Å². The smallest absolute Gasteiger partial charge is 0.150 e. The number of nitrogens with zero attached hydrogens (tertiary/aromatic N) is 1. The molecule has 3 fully saturated rings. The van der Waals surface area contributed by atoms with Gasteiger partial charge in [-0.15, -0.1) is 0 Å². The molecular weight excluding hydrogens is 272 g/mol. The summed E-state index contributed by atoms with van der Waals surface area (Å²) in [4.78, 5) is 2.62. The van der Waals surface area contributed by atoms with E-state index in [1.165, 1.54) is 25.6 Å². The number of rotatable bonds is 4. The number of hydrogen-bond acceptors (Lipinski definition) is 4. The van der Waals surface area contributed by atoms with E-state index in [4.69, 9.17) is 0 Å². The minimum Gasteiger partial charge on any atom is -0.310 e. The Balaban J connectivity index is 1.54. The van der Waals surface area contributed by atoms with Gasteiger partial charge in [0.25, 0.3) is 0 Å². The van der Waals surface area contributed by atoms with Crippen molar-refractivity contribution >= 4 is 9.84 Å². The Morgan fingerprint density at radius 3 is 2.50 bits per heavy atom. The molecule has 2 saturated carbocycles. The molecule has 0 aromatic heterocycles. The SMILES string of the molecule is CC1CN(C2CC2)CC1NC1CCCC(S(C)(=O)=O)C1. The highest BCUT2D eigenvalue weighted by Crippen LogP contribution is 2.32. The number of hydrogen-bond donors (Lipinski definition) is 1. The van der Waals surface area contributed by atoms with Crippen molar-refractivity contribution in [2.24, 2.45) is 5.92 Å². The Kier molecular flexibility index (Phi) is 4.13. The lowest BCUT2D eigenvalue weighted by Gasteiger charge is -2.32. The van der Waals surface area contributed by atoms with Gasteiger partial charge >= 0.3 is 0 Å². The standard InChI is InChI=1S/C15H28N2O2S/c1-11-9-17(13-6-7-13)10-15(11)16-12-4-3-5-14(8-12)20(2,18)19/h11-16H,3-10H2,1-2H3. The molecule has 1 N–H and O–H groups in total. The Labute approximate surface area is 123 Å². The monoisotopic (exact) mass is 300 g/mol. The molecule has 2 aliphatic carbocycles. The van der Waals surface area contributed by atoms with Crippen molar-refractivity contribution < 1.29 is 8.42 Å². The van der Waals surface area contributed by atoms with Gasteiger partial charge in [-0.2, -0.15) is 0 Å². The predicted molar refractivity (Wildman–Crippen MR) is 81.6 cm³/mol. The topological polar surface area (TPSA) is 49.4 Å². The molecule has 5 heteroatoms. The fraction of sp³-hybridized carbons (Fsp3) is 1.00. The molecule has 1 heterocycles. The Morgan fingerprint density at radius 2 is 1.85 bits per heavy atom. The van der Waals surface area contributed by atoms with Gasteiger partial charge in [0.2, 0.25) is 0 Å². The summed E-state index contributed by atoms with van der Waals surface area (Å²) in [5, 5.41) is 3.66. The lowest BCUT2D eigenvalue weighted by atomic mass is 9.93. The average Bonchev–Trinajstić information content (AvgIpc) is 3.15. The van der Waals surface area contributed by atoms with Crippen LogP contribution in [-0.4, -0.2) is 56.0 Å². The highest BCUT2D eigenvalue weighted by molar-refractivity contribution is 7.91. The van der Waals surface area contributed by atoms with Crippen LogP contribution in [-0.2, 0) is 9.84 Å². The van der Waals surface area contributed by atoms with E-state index >= 15 is 0 Å². The largest absolute Gasteiger partial charge is 0.310 e. The molecule has 3 aliphatic rings. The van der Waals surface area contributed by atoms with Crippen LogP contribution in [0.2, 0.25) is 0 Å². The first-order chi connectivity index (χ1) is 9.43. The fourth-order valence-electron chi connectivity index (χ4n) is 3.95. The third-order valence-electron chi connectivity index (χ3n) is 5.39. The molecule has 0 amide bonds. The van der Waals surface area contributed by atoms with Crippen LogP contribution in [0, 0.1) is 5.92 Å². The molecule has 0 spiro atoms. The second kappa shape index (κ2) is 5.58. The van der Waals surface area contributed by atoms with Crippen LogP contribution < -0.4 is 5.32 Å². The molecule has 0 bridgehead atoms. The van der Waals surface area contributed by atoms with Crippen LogP contribution in [0.4, 0.5) is 0 Å². The minimum absolute atomic E-state index is 0.120. The molecule has 116 valence electrons. The quantitative estimate of drug-likeness (QED) is 0.853. The summed E-state index contributed by atoms with van der Waals surface area (Å²) >= 11 is 0. The van der Waals surface area contributed by atoms with Gasteiger partial charge in [0, 0.05) is 37.5 Å². The molecule has 1 aliphatic heterocycles. The zero-order chi connectivity index (χ0) is 14.3. The van der Waals surface area contributed by atoms with Crippen molar-refractivity contribution in [3.63, 3.8) is 0 Å². The highest BCUT2D eigenvalue weighted by atomic mass is 32.2. The van der Waals surface area contributed by atoms with E-state index in [0.29, 0.717) is 18.0 Å². The minimum atomic E-state index is -2.87. The first kappa shape index (κ1) is 14.8. The van der Waals surface area contributed by atoms with Gasteiger partial charge in [-0.25, -0.2) is 8.42 Å². The zero-order valence-electron chi connectivity index (χ0n) is 12.7. The maximum Gasteiger partial charge on any atom is 0.150 e. The number of likely N-dealkylation sites (tertiary alicyclic amines) is 1. The van der Waals surface area contributed by atoms with Crippen LogP contribution in [0.25, 0.3) is 0 Å². The lowest BCUT2D eigenvalue weighted by Crippen LogP contribution is -2.46. The van der Waals surface area contributed by atoms with E-state index in [1.807, 2.05) is 0 Å². The highest BCUT2D eigenvalue weighted by Gasteiger charge is 2.39. The lowest BCUT2D eigenvalue weighted by molar-refractivity contribution is 0.297. The summed E-state index contributed by atoms with van der Waals surface area (Å²) < 4.78 is 23.5. The summed E-state index contributed by atoms with van der Waals surface area (Å²) in [5.74, 6) is 0.689. The van der Waals surface area contributed by atoms with Gasteiger partial charge < -0.3 is 5.32 Å². The number of sulfone groups is 1. The number of nitrogens with one attached hydrogen (secondary N) is 1. The predicted octanol–water partition coefficient (Wildman–Crippen LogP) is 1.41. The molecule has 0 aromatic carbocycles. The Hall–Kier alpha value is -0.130. The molecule has 20 heavy (non-hydrogen) atoms. The summed E-state index contributed by atoms with van der Waals surface area (Å²) in [5.41, 5.74) is 0. The van der Waals surface area contributed by atoms with Crippen molar-refractivity contribution in [2.75, 3.05) is 19.3 Å². The average molecular weight is 300 g/mol. The van der Waals surface area contributed by atoms with Gasteiger partial charge in [0.05, 0.1) is 5.25 Å². The van der Waals surface area contributed by atoms with Crippen LogP contribution in [0.5, 0.6) is 0 Å². The van der Waals surface area contributed by atoms with E-state index in [1.54, 1.807) is 0 Å². The molecule has 4 unspecified atom stereocenters. The van der Waals surface area contributed by atoms with Crippen LogP contribution in [0.1, 0.15) is 45.4 Å². The van der Waals surface area contributed by atoms with E-state index in [0.717, 1.165) is 38.3 Å². The van der Waals surface area contributed by atoms with E-state index in [-0.39, 0.29) is 5.25 Å². The van der Waals surface area contributed by atoms with E-state index in [2.05, 4.69) is 17.1 Å². The third-order valence-corrected chi connectivity index (χ3v) is 7.02. The van der Waals surface area contributed by atoms with Gasteiger partial charge in [-0.05, 0) is 38.0 Å². The Morgan fingerprint density at radius 1 is 1.10 bits per heavy atom. The maximum atomic E-state index is 11.7.